The van der Waals surface area contributed by atoms with Gasteiger partial charge in [-0.25, -0.2) is 0 Å². The first-order valence-corrected chi connectivity index (χ1v) is 7.72. The molecule has 1 atom stereocenters. The minimum Gasteiger partial charge on any atom is -0.377 e. The van der Waals surface area contributed by atoms with Gasteiger partial charge in [0.15, 0.2) is 5.96 Å². The minimum absolute atomic E-state index is 0. The average Bonchev–Trinajstić information content (AvgIpc) is 2.42. The van der Waals surface area contributed by atoms with Crippen LogP contribution in [0.4, 0.5) is 0 Å². The molecule has 126 valence electrons. The van der Waals surface area contributed by atoms with Crippen LogP contribution in [0.25, 0.3) is 0 Å². The second kappa shape index (κ2) is 10.6. The Morgan fingerprint density at radius 1 is 1.38 bits per heavy atom. The van der Waals surface area contributed by atoms with Gasteiger partial charge in [0.1, 0.15) is 0 Å². The zero-order valence-corrected chi connectivity index (χ0v) is 16.6. The second-order valence-corrected chi connectivity index (χ2v) is 6.31. The molecule has 0 aliphatic carbocycles. The molecule has 0 aromatic rings. The van der Waals surface area contributed by atoms with Crippen molar-refractivity contribution >= 4 is 29.9 Å². The summed E-state index contributed by atoms with van der Waals surface area (Å²) in [5.74, 6) is 1.61. The Morgan fingerprint density at radius 2 is 2.10 bits per heavy atom. The van der Waals surface area contributed by atoms with E-state index >= 15 is 0 Å². The number of hydrogen-bond acceptors (Lipinski definition) is 3. The van der Waals surface area contributed by atoms with Gasteiger partial charge in [-0.15, -0.1) is 24.0 Å². The van der Waals surface area contributed by atoms with Crippen LogP contribution in [0.1, 0.15) is 33.6 Å². The Labute approximate surface area is 147 Å². The maximum absolute atomic E-state index is 5.41. The smallest absolute Gasteiger partial charge is 0.191 e. The first-order valence-electron chi connectivity index (χ1n) is 7.72. The summed E-state index contributed by atoms with van der Waals surface area (Å²) in [6.45, 7) is 11.1. The molecule has 1 heterocycles. The van der Waals surface area contributed by atoms with E-state index in [1.54, 1.807) is 7.11 Å². The molecule has 0 bridgehead atoms. The maximum atomic E-state index is 5.41. The van der Waals surface area contributed by atoms with Crippen LogP contribution in [-0.4, -0.2) is 63.3 Å². The quantitative estimate of drug-likeness (QED) is 0.398. The predicted molar refractivity (Wildman–Crippen MR) is 101 cm³/mol. The van der Waals surface area contributed by atoms with Crippen LogP contribution < -0.4 is 10.6 Å². The average molecular weight is 412 g/mol. The first-order chi connectivity index (χ1) is 9.46. The van der Waals surface area contributed by atoms with Gasteiger partial charge in [-0.05, 0) is 53.1 Å². The Hall–Kier alpha value is -0.0800. The third kappa shape index (κ3) is 8.83. The molecule has 0 radical (unpaired) electrons. The second-order valence-electron chi connectivity index (χ2n) is 6.31. The van der Waals surface area contributed by atoms with E-state index in [0.717, 1.165) is 19.0 Å². The SMILES string of the molecule is CCNC(=NCC(C)(C)OC)NCC1CCCN(C)C1.I. The number of likely N-dealkylation sites (tertiary alicyclic amines) is 1. The molecule has 1 fully saturated rings. The zero-order chi connectivity index (χ0) is 15.0. The van der Waals surface area contributed by atoms with Crippen molar-refractivity contribution in [2.75, 3.05) is 46.9 Å². The van der Waals surface area contributed by atoms with E-state index in [2.05, 4.69) is 48.3 Å². The lowest BCUT2D eigenvalue weighted by atomic mass is 9.99. The highest BCUT2D eigenvalue weighted by Crippen LogP contribution is 2.13. The number of ether oxygens (including phenoxy) is 1. The van der Waals surface area contributed by atoms with E-state index in [1.807, 2.05) is 0 Å². The molecule has 0 aromatic heterocycles. The lowest BCUT2D eigenvalue weighted by Crippen LogP contribution is -2.44. The number of guanidine groups is 1. The standard InChI is InChI=1S/C15H32N4O.HI/c1-6-16-14(18-12-15(2,3)20-5)17-10-13-8-7-9-19(4)11-13;/h13H,6-12H2,1-5H3,(H2,16,17,18);1H. The molecule has 1 aliphatic rings. The van der Waals surface area contributed by atoms with Gasteiger partial charge in [-0.1, -0.05) is 0 Å². The fraction of sp³-hybridized carbons (Fsp3) is 0.933. The van der Waals surface area contributed by atoms with Crippen LogP contribution in [0.5, 0.6) is 0 Å². The van der Waals surface area contributed by atoms with Crippen molar-refractivity contribution in [1.29, 1.82) is 0 Å². The molecule has 0 saturated carbocycles. The van der Waals surface area contributed by atoms with E-state index in [-0.39, 0.29) is 29.6 Å². The lowest BCUT2D eigenvalue weighted by Gasteiger charge is -2.30. The molecule has 0 amide bonds. The molecule has 0 spiro atoms. The Balaban J connectivity index is 0.00000400. The van der Waals surface area contributed by atoms with Gasteiger partial charge >= 0.3 is 0 Å². The van der Waals surface area contributed by atoms with Gasteiger partial charge in [0.2, 0.25) is 0 Å². The molecule has 21 heavy (non-hydrogen) atoms. The molecule has 1 unspecified atom stereocenters. The third-order valence-corrected chi connectivity index (χ3v) is 3.80. The molecule has 5 nitrogen and oxygen atoms in total. The predicted octanol–water partition coefficient (Wildman–Crippen LogP) is 1.93. The number of piperidine rings is 1. The van der Waals surface area contributed by atoms with Crippen LogP contribution in [-0.2, 0) is 4.74 Å². The fourth-order valence-electron chi connectivity index (χ4n) is 2.36. The van der Waals surface area contributed by atoms with Gasteiger partial charge in [-0.2, -0.15) is 0 Å². The van der Waals surface area contributed by atoms with Gasteiger partial charge in [0, 0.05) is 26.7 Å². The number of aliphatic imine (C=N–C) groups is 1. The van der Waals surface area contributed by atoms with Crippen molar-refractivity contribution < 1.29 is 4.74 Å². The van der Waals surface area contributed by atoms with Crippen molar-refractivity contribution in [3.8, 4) is 0 Å². The Kier molecular flexibility index (Phi) is 10.6. The highest BCUT2D eigenvalue weighted by molar-refractivity contribution is 14.0. The van der Waals surface area contributed by atoms with Crippen molar-refractivity contribution in [2.24, 2.45) is 10.9 Å². The van der Waals surface area contributed by atoms with Gasteiger partial charge in [0.05, 0.1) is 12.1 Å². The number of nitrogens with one attached hydrogen (secondary N) is 2. The minimum atomic E-state index is -0.215. The van der Waals surface area contributed by atoms with Crippen LogP contribution in [0.3, 0.4) is 0 Å². The third-order valence-electron chi connectivity index (χ3n) is 3.80. The molecule has 1 saturated heterocycles. The summed E-state index contributed by atoms with van der Waals surface area (Å²) in [6.07, 6.45) is 2.60. The lowest BCUT2D eigenvalue weighted by molar-refractivity contribution is 0.0310. The number of nitrogens with zero attached hydrogens (tertiary/aromatic N) is 2. The van der Waals surface area contributed by atoms with Crippen LogP contribution in [0, 0.1) is 5.92 Å². The van der Waals surface area contributed by atoms with E-state index in [9.17, 15) is 0 Å². The van der Waals surface area contributed by atoms with E-state index in [1.165, 1.54) is 25.9 Å². The number of rotatable bonds is 6. The molecule has 1 aliphatic heterocycles. The van der Waals surface area contributed by atoms with E-state index < -0.39 is 0 Å². The zero-order valence-electron chi connectivity index (χ0n) is 14.2. The monoisotopic (exact) mass is 412 g/mol. The largest absolute Gasteiger partial charge is 0.377 e. The van der Waals surface area contributed by atoms with Crippen LogP contribution in [0.2, 0.25) is 0 Å². The van der Waals surface area contributed by atoms with E-state index in [0.29, 0.717) is 12.5 Å². The number of halogens is 1. The Bertz CT molecular complexity index is 310. The number of hydrogen-bond donors (Lipinski definition) is 2. The Morgan fingerprint density at radius 3 is 2.67 bits per heavy atom. The van der Waals surface area contributed by atoms with E-state index in [4.69, 9.17) is 4.74 Å². The maximum Gasteiger partial charge on any atom is 0.191 e. The summed E-state index contributed by atoms with van der Waals surface area (Å²) < 4.78 is 5.41. The molecular formula is C15H33IN4O. The fourth-order valence-corrected chi connectivity index (χ4v) is 2.36. The number of methoxy groups -OCH3 is 1. The highest BCUT2D eigenvalue weighted by Gasteiger charge is 2.18. The molecule has 1 rings (SSSR count). The normalized spacial score (nSPS) is 20.8. The van der Waals surface area contributed by atoms with Gasteiger partial charge in [0.25, 0.3) is 0 Å². The van der Waals surface area contributed by atoms with Gasteiger partial charge < -0.3 is 20.3 Å². The van der Waals surface area contributed by atoms with Gasteiger partial charge in [-0.3, -0.25) is 4.99 Å². The summed E-state index contributed by atoms with van der Waals surface area (Å²) in [5.41, 5.74) is -0.215. The summed E-state index contributed by atoms with van der Waals surface area (Å²) >= 11 is 0. The molecule has 6 heteroatoms. The topological polar surface area (TPSA) is 48.9 Å². The summed E-state index contributed by atoms with van der Waals surface area (Å²) in [6, 6.07) is 0. The van der Waals surface area contributed by atoms with Crippen LogP contribution >= 0.6 is 24.0 Å². The summed E-state index contributed by atoms with van der Waals surface area (Å²) in [4.78, 5) is 7.03. The van der Waals surface area contributed by atoms with Crippen molar-refractivity contribution in [1.82, 2.24) is 15.5 Å². The molecular weight excluding hydrogens is 379 g/mol. The summed E-state index contributed by atoms with van der Waals surface area (Å²) in [7, 11) is 3.93. The molecule has 0 aromatic carbocycles. The van der Waals surface area contributed by atoms with Crippen molar-refractivity contribution in [3.05, 3.63) is 0 Å². The highest BCUT2D eigenvalue weighted by atomic mass is 127. The molecule has 2 N–H and O–H groups in total. The first kappa shape index (κ1) is 20.9. The van der Waals surface area contributed by atoms with Crippen molar-refractivity contribution in [3.63, 3.8) is 0 Å². The van der Waals surface area contributed by atoms with Crippen molar-refractivity contribution in [2.45, 2.75) is 39.2 Å². The van der Waals surface area contributed by atoms with Crippen LogP contribution in [0.15, 0.2) is 4.99 Å². The summed E-state index contributed by atoms with van der Waals surface area (Å²) in [5, 5.41) is 6.76.